The number of ketones is 1. The van der Waals surface area contributed by atoms with Crippen LogP contribution in [-0.2, 0) is 9.53 Å². The van der Waals surface area contributed by atoms with Gasteiger partial charge in [0.2, 0.25) is 0 Å². The molecule has 0 saturated heterocycles. The normalized spacial score (nSPS) is 11.9. The van der Waals surface area contributed by atoms with Crippen LogP contribution in [0.3, 0.4) is 0 Å². The molecule has 1 aromatic carbocycles. The first-order valence-electron chi connectivity index (χ1n) is 7.07. The zero-order chi connectivity index (χ0) is 16.8. The summed E-state index contributed by atoms with van der Waals surface area (Å²) in [5.74, 6) is -0.420. The molecule has 0 aliphatic rings. The second kappa shape index (κ2) is 7.59. The molecule has 0 aromatic heterocycles. The van der Waals surface area contributed by atoms with Gasteiger partial charge in [0.15, 0.2) is 5.78 Å². The highest BCUT2D eigenvalue weighted by atomic mass is 16.5. The smallest absolute Gasteiger partial charge is 0.316 e. The fraction of sp³-hybridized carbons (Fsp3) is 0.333. The van der Waals surface area contributed by atoms with Gasteiger partial charge in [-0.2, -0.15) is 0 Å². The predicted octanol–water partition coefficient (Wildman–Crippen LogP) is 3.50. The lowest BCUT2D eigenvalue weighted by atomic mass is 9.97. The third-order valence-electron chi connectivity index (χ3n) is 2.79. The van der Waals surface area contributed by atoms with E-state index in [1.165, 1.54) is 12.3 Å². The molecular weight excluding hydrogens is 278 g/mol. The summed E-state index contributed by atoms with van der Waals surface area (Å²) in [6.45, 7) is 5.35. The Kier molecular flexibility index (Phi) is 6.11. The number of rotatable bonds is 5. The largest absolute Gasteiger partial charge is 0.434 e. The molecule has 22 heavy (non-hydrogen) atoms. The van der Waals surface area contributed by atoms with Gasteiger partial charge in [-0.15, -0.1) is 0 Å². The van der Waals surface area contributed by atoms with Crippen molar-refractivity contribution in [3.63, 3.8) is 0 Å². The molecule has 0 radical (unpaired) electrons. The van der Waals surface area contributed by atoms with Gasteiger partial charge in [-0.25, -0.2) is 0 Å². The van der Waals surface area contributed by atoms with Crippen LogP contribution in [0.4, 0.5) is 0 Å². The Bertz CT molecular complexity index is 593. The second-order valence-corrected chi connectivity index (χ2v) is 6.19. The van der Waals surface area contributed by atoms with Gasteiger partial charge in [0.05, 0.1) is 11.7 Å². The van der Waals surface area contributed by atoms with Crippen LogP contribution in [0.1, 0.15) is 36.7 Å². The van der Waals surface area contributed by atoms with Gasteiger partial charge in [-0.3, -0.25) is 9.59 Å². The van der Waals surface area contributed by atoms with E-state index in [0.29, 0.717) is 11.1 Å². The molecule has 0 unspecified atom stereocenters. The number of ether oxygens (including phenoxy) is 1. The zero-order valence-corrected chi connectivity index (χ0v) is 13.8. The maximum Gasteiger partial charge on any atom is 0.316 e. The molecule has 0 bridgehead atoms. The molecule has 0 saturated carbocycles. The Morgan fingerprint density at radius 3 is 2.36 bits per heavy atom. The minimum absolute atomic E-state index is 0.101. The number of carbonyl (C=O) groups excluding carboxylic acids is 2. The number of benzene rings is 1. The molecule has 0 heterocycles. The third kappa shape index (κ3) is 5.56. The maximum absolute atomic E-state index is 12.2. The highest BCUT2D eigenvalue weighted by Gasteiger charge is 2.22. The Balaban J connectivity index is 2.89. The molecule has 1 aromatic rings. The summed E-state index contributed by atoms with van der Waals surface area (Å²) in [5, 5.41) is 0. The van der Waals surface area contributed by atoms with Crippen molar-refractivity contribution in [2.45, 2.75) is 20.8 Å². The molecule has 1 rings (SSSR count). The van der Waals surface area contributed by atoms with Gasteiger partial charge < -0.3 is 9.64 Å². The molecule has 0 aliphatic carbocycles. The molecule has 0 fully saturated rings. The van der Waals surface area contributed by atoms with E-state index in [2.05, 4.69) is 0 Å². The summed E-state index contributed by atoms with van der Waals surface area (Å²) in [4.78, 5) is 25.7. The molecule has 4 nitrogen and oxygen atoms in total. The van der Waals surface area contributed by atoms with Gasteiger partial charge in [-0.05, 0) is 32.4 Å². The van der Waals surface area contributed by atoms with Gasteiger partial charge in [0.1, 0.15) is 0 Å². The monoisotopic (exact) mass is 301 g/mol. The van der Waals surface area contributed by atoms with E-state index in [1.54, 1.807) is 56.1 Å². The number of hydrogen-bond acceptors (Lipinski definition) is 4. The molecule has 0 aliphatic heterocycles. The average Bonchev–Trinajstić information content (AvgIpc) is 2.44. The summed E-state index contributed by atoms with van der Waals surface area (Å²) in [6.07, 6.45) is 6.16. The van der Waals surface area contributed by atoms with E-state index in [-0.39, 0.29) is 11.8 Å². The first-order chi connectivity index (χ1) is 10.2. The first-order valence-corrected chi connectivity index (χ1v) is 7.07. The lowest BCUT2D eigenvalue weighted by molar-refractivity contribution is -0.146. The van der Waals surface area contributed by atoms with Gasteiger partial charge in [0.25, 0.3) is 0 Å². The maximum atomic E-state index is 12.2. The van der Waals surface area contributed by atoms with Crippen LogP contribution in [0.5, 0.6) is 0 Å². The van der Waals surface area contributed by atoms with Gasteiger partial charge >= 0.3 is 5.97 Å². The SMILES string of the molecule is CN(C)/C=C/C(=O)c1ccccc1/C=C/OC(=O)C(C)(C)C. The van der Waals surface area contributed by atoms with E-state index in [4.69, 9.17) is 4.74 Å². The van der Waals surface area contributed by atoms with Crippen molar-refractivity contribution in [1.29, 1.82) is 0 Å². The van der Waals surface area contributed by atoms with Crippen molar-refractivity contribution in [1.82, 2.24) is 4.90 Å². The Morgan fingerprint density at radius 1 is 1.14 bits per heavy atom. The van der Waals surface area contributed by atoms with Crippen molar-refractivity contribution >= 4 is 17.8 Å². The third-order valence-corrected chi connectivity index (χ3v) is 2.79. The Labute approximate surface area is 132 Å². The standard InChI is InChI=1S/C18H23NO3/c1-18(2,3)17(21)22-13-11-14-8-6-7-9-15(14)16(20)10-12-19(4)5/h6-13H,1-5H3/b12-10+,13-11+. The van der Waals surface area contributed by atoms with Crippen molar-refractivity contribution in [3.05, 3.63) is 53.9 Å². The highest BCUT2D eigenvalue weighted by Crippen LogP contribution is 2.17. The van der Waals surface area contributed by atoms with Crippen LogP contribution in [0.15, 0.2) is 42.8 Å². The highest BCUT2D eigenvalue weighted by molar-refractivity contribution is 6.06. The second-order valence-electron chi connectivity index (χ2n) is 6.19. The van der Waals surface area contributed by atoms with E-state index in [1.807, 2.05) is 20.2 Å². The molecule has 0 spiro atoms. The summed E-state index contributed by atoms with van der Waals surface area (Å²) >= 11 is 0. The first kappa shape index (κ1) is 17.7. The number of carbonyl (C=O) groups is 2. The van der Waals surface area contributed by atoms with Crippen LogP contribution < -0.4 is 0 Å². The number of nitrogens with zero attached hydrogens (tertiary/aromatic N) is 1. The van der Waals surface area contributed by atoms with E-state index < -0.39 is 5.41 Å². The fourth-order valence-electron chi connectivity index (χ4n) is 1.52. The Hall–Kier alpha value is -2.36. The van der Waals surface area contributed by atoms with E-state index in [9.17, 15) is 9.59 Å². The average molecular weight is 301 g/mol. The summed E-state index contributed by atoms with van der Waals surface area (Å²) < 4.78 is 5.09. The Morgan fingerprint density at radius 2 is 1.77 bits per heavy atom. The van der Waals surface area contributed by atoms with Gasteiger partial charge in [0, 0.05) is 31.9 Å². The van der Waals surface area contributed by atoms with E-state index in [0.717, 1.165) is 0 Å². The quantitative estimate of drug-likeness (QED) is 0.361. The minimum atomic E-state index is -0.561. The summed E-state index contributed by atoms with van der Waals surface area (Å²) in [5.41, 5.74) is 0.704. The van der Waals surface area contributed by atoms with Crippen molar-refractivity contribution in [2.75, 3.05) is 14.1 Å². The van der Waals surface area contributed by atoms with Crippen molar-refractivity contribution in [3.8, 4) is 0 Å². The number of esters is 1. The molecule has 4 heteroatoms. The number of hydrogen-bond donors (Lipinski definition) is 0. The molecule has 118 valence electrons. The van der Waals surface area contributed by atoms with Crippen LogP contribution in [0, 0.1) is 5.41 Å². The molecule has 0 atom stereocenters. The van der Waals surface area contributed by atoms with Crippen molar-refractivity contribution in [2.24, 2.45) is 5.41 Å². The van der Waals surface area contributed by atoms with Crippen LogP contribution >= 0.6 is 0 Å². The molecular formula is C18H23NO3. The molecule has 0 N–H and O–H groups in total. The minimum Gasteiger partial charge on any atom is -0.434 e. The van der Waals surface area contributed by atoms with E-state index >= 15 is 0 Å². The van der Waals surface area contributed by atoms with Crippen LogP contribution in [0.25, 0.3) is 6.08 Å². The lowest BCUT2D eigenvalue weighted by Crippen LogP contribution is -2.20. The van der Waals surface area contributed by atoms with Crippen molar-refractivity contribution < 1.29 is 14.3 Å². The van der Waals surface area contributed by atoms with Crippen LogP contribution in [0.2, 0.25) is 0 Å². The summed E-state index contributed by atoms with van der Waals surface area (Å²) in [6, 6.07) is 7.18. The topological polar surface area (TPSA) is 46.6 Å². The fourth-order valence-corrected chi connectivity index (χ4v) is 1.52. The predicted molar refractivity (Wildman–Crippen MR) is 88.2 cm³/mol. The van der Waals surface area contributed by atoms with Gasteiger partial charge in [-0.1, -0.05) is 24.3 Å². The lowest BCUT2D eigenvalue weighted by Gasteiger charge is -2.14. The molecule has 0 amide bonds. The zero-order valence-electron chi connectivity index (χ0n) is 13.8. The summed E-state index contributed by atoms with van der Waals surface area (Å²) in [7, 11) is 3.70. The van der Waals surface area contributed by atoms with Crippen LogP contribution in [-0.4, -0.2) is 30.7 Å². The number of allylic oxidation sites excluding steroid dienone is 1.